The second-order valence-corrected chi connectivity index (χ2v) is 7.89. The Morgan fingerprint density at radius 1 is 0.871 bits per heavy atom. The predicted octanol–water partition coefficient (Wildman–Crippen LogP) is 5.19. The molecule has 0 atom stereocenters. The van der Waals surface area contributed by atoms with E-state index in [9.17, 15) is 4.79 Å². The molecule has 0 aliphatic heterocycles. The summed E-state index contributed by atoms with van der Waals surface area (Å²) in [5, 5.41) is 0.829. The highest BCUT2D eigenvalue weighted by atomic mass is 16.5. The summed E-state index contributed by atoms with van der Waals surface area (Å²) in [6.07, 6.45) is 0. The summed E-state index contributed by atoms with van der Waals surface area (Å²) in [4.78, 5) is 20.3. The van der Waals surface area contributed by atoms with Crippen LogP contribution in [0.3, 0.4) is 0 Å². The fourth-order valence-electron chi connectivity index (χ4n) is 3.93. The van der Waals surface area contributed by atoms with E-state index < -0.39 is 0 Å². The molecule has 0 aliphatic rings. The molecular weight excluding hydrogens is 392 g/mol. The topological polar surface area (TPSA) is 60.9 Å². The summed E-state index contributed by atoms with van der Waals surface area (Å²) in [6.45, 7) is 8.12. The third-order valence-corrected chi connectivity index (χ3v) is 5.25. The predicted molar refractivity (Wildman–Crippen MR) is 123 cm³/mol. The van der Waals surface area contributed by atoms with Crippen LogP contribution in [0.2, 0.25) is 0 Å². The van der Waals surface area contributed by atoms with Gasteiger partial charge in [-0.05, 0) is 52.0 Å². The number of nitrogens with zero attached hydrogens (tertiary/aromatic N) is 2. The summed E-state index contributed by atoms with van der Waals surface area (Å²) < 4.78 is 16.4. The van der Waals surface area contributed by atoms with Gasteiger partial charge in [0.25, 0.3) is 5.91 Å². The van der Waals surface area contributed by atoms with Crippen LogP contribution in [-0.4, -0.2) is 49.2 Å². The molecule has 1 heterocycles. The Bertz CT molecular complexity index is 1060. The molecule has 31 heavy (non-hydrogen) atoms. The Hall–Kier alpha value is -3.28. The summed E-state index contributed by atoms with van der Waals surface area (Å²) >= 11 is 0. The number of methoxy groups -OCH3 is 3. The van der Waals surface area contributed by atoms with Crippen molar-refractivity contribution in [3.05, 3.63) is 48.0 Å². The standard InChI is InChI=1S/C25H30N2O4/c1-15(2)27(16(3)4)25(28)19-14-21(26-20-11-9-8-10-18(19)20)17-12-22(29-5)24(31-7)23(13-17)30-6/h8-16H,1-7H3. The van der Waals surface area contributed by atoms with E-state index in [0.29, 0.717) is 28.5 Å². The van der Waals surface area contributed by atoms with Crippen LogP contribution in [-0.2, 0) is 0 Å². The number of carbonyl (C=O) groups is 1. The molecule has 1 amide bonds. The number of rotatable bonds is 7. The van der Waals surface area contributed by atoms with E-state index in [0.717, 1.165) is 16.5 Å². The highest BCUT2D eigenvalue weighted by Gasteiger charge is 2.25. The molecule has 0 saturated carbocycles. The molecule has 6 nitrogen and oxygen atoms in total. The van der Waals surface area contributed by atoms with Gasteiger partial charge < -0.3 is 19.1 Å². The first-order chi connectivity index (χ1) is 14.8. The Morgan fingerprint density at radius 3 is 1.97 bits per heavy atom. The molecule has 2 aromatic carbocycles. The van der Waals surface area contributed by atoms with E-state index in [-0.39, 0.29) is 18.0 Å². The molecule has 6 heteroatoms. The van der Waals surface area contributed by atoms with Crippen molar-refractivity contribution < 1.29 is 19.0 Å². The second kappa shape index (κ2) is 9.25. The molecule has 0 saturated heterocycles. The number of benzene rings is 2. The highest BCUT2D eigenvalue weighted by molar-refractivity contribution is 6.07. The van der Waals surface area contributed by atoms with Crippen LogP contribution in [0.15, 0.2) is 42.5 Å². The molecule has 0 spiro atoms. The van der Waals surface area contributed by atoms with Gasteiger partial charge in [0.1, 0.15) is 0 Å². The third kappa shape index (κ3) is 4.29. The first kappa shape index (κ1) is 22.4. The Kier molecular flexibility index (Phi) is 6.68. The Labute approximate surface area is 183 Å². The van der Waals surface area contributed by atoms with Crippen LogP contribution in [0.25, 0.3) is 22.2 Å². The number of pyridine rings is 1. The van der Waals surface area contributed by atoms with Gasteiger partial charge in [0, 0.05) is 23.0 Å². The van der Waals surface area contributed by atoms with E-state index >= 15 is 0 Å². The van der Waals surface area contributed by atoms with Gasteiger partial charge >= 0.3 is 0 Å². The van der Waals surface area contributed by atoms with Crippen LogP contribution >= 0.6 is 0 Å². The van der Waals surface area contributed by atoms with Crippen molar-refractivity contribution in [2.45, 2.75) is 39.8 Å². The fourth-order valence-corrected chi connectivity index (χ4v) is 3.93. The highest BCUT2D eigenvalue weighted by Crippen LogP contribution is 2.41. The van der Waals surface area contributed by atoms with Gasteiger partial charge in [0.2, 0.25) is 5.75 Å². The third-order valence-electron chi connectivity index (χ3n) is 5.25. The fraction of sp³-hybridized carbons (Fsp3) is 0.360. The monoisotopic (exact) mass is 422 g/mol. The van der Waals surface area contributed by atoms with E-state index in [2.05, 4.69) is 0 Å². The molecule has 0 fully saturated rings. The summed E-state index contributed by atoms with van der Waals surface area (Å²) in [6, 6.07) is 13.4. The molecule has 3 rings (SSSR count). The number of amides is 1. The number of hydrogen-bond donors (Lipinski definition) is 0. The van der Waals surface area contributed by atoms with Crippen LogP contribution < -0.4 is 14.2 Å². The first-order valence-corrected chi connectivity index (χ1v) is 10.3. The largest absolute Gasteiger partial charge is 0.493 e. The van der Waals surface area contributed by atoms with Crippen molar-refractivity contribution >= 4 is 16.8 Å². The lowest BCUT2D eigenvalue weighted by Crippen LogP contribution is -2.42. The minimum absolute atomic E-state index is 0.0164. The molecule has 164 valence electrons. The lowest BCUT2D eigenvalue weighted by Gasteiger charge is -2.31. The maximum Gasteiger partial charge on any atom is 0.255 e. The number of para-hydroxylation sites is 1. The normalized spacial score (nSPS) is 11.1. The maximum absolute atomic E-state index is 13.6. The van der Waals surface area contributed by atoms with Crippen LogP contribution in [0.1, 0.15) is 38.1 Å². The van der Waals surface area contributed by atoms with Crippen molar-refractivity contribution in [3.63, 3.8) is 0 Å². The van der Waals surface area contributed by atoms with Gasteiger partial charge in [-0.3, -0.25) is 4.79 Å². The minimum Gasteiger partial charge on any atom is -0.493 e. The molecule has 0 N–H and O–H groups in total. The van der Waals surface area contributed by atoms with Gasteiger partial charge in [-0.25, -0.2) is 4.98 Å². The van der Waals surface area contributed by atoms with E-state index in [1.807, 2.05) is 75.1 Å². The summed E-state index contributed by atoms with van der Waals surface area (Å²) in [5.74, 6) is 1.56. The summed E-state index contributed by atoms with van der Waals surface area (Å²) in [5.41, 5.74) is 2.81. The molecule has 0 bridgehead atoms. The zero-order valence-electron chi connectivity index (χ0n) is 19.2. The van der Waals surface area contributed by atoms with Crippen LogP contribution in [0.4, 0.5) is 0 Å². The lowest BCUT2D eigenvalue weighted by atomic mass is 10.0. The number of carbonyl (C=O) groups excluding carboxylic acids is 1. The Morgan fingerprint density at radius 2 is 1.45 bits per heavy atom. The second-order valence-electron chi connectivity index (χ2n) is 7.89. The first-order valence-electron chi connectivity index (χ1n) is 10.3. The number of aromatic nitrogens is 1. The van der Waals surface area contributed by atoms with Crippen molar-refractivity contribution in [1.29, 1.82) is 0 Å². The zero-order valence-corrected chi connectivity index (χ0v) is 19.2. The Balaban J connectivity index is 2.26. The average molecular weight is 423 g/mol. The number of hydrogen-bond acceptors (Lipinski definition) is 5. The van der Waals surface area contributed by atoms with E-state index in [4.69, 9.17) is 19.2 Å². The van der Waals surface area contributed by atoms with E-state index in [1.165, 1.54) is 0 Å². The van der Waals surface area contributed by atoms with E-state index in [1.54, 1.807) is 21.3 Å². The average Bonchev–Trinajstić information content (AvgIpc) is 2.76. The van der Waals surface area contributed by atoms with Gasteiger partial charge in [-0.15, -0.1) is 0 Å². The lowest BCUT2D eigenvalue weighted by molar-refractivity contribution is 0.0646. The van der Waals surface area contributed by atoms with Gasteiger partial charge in [-0.2, -0.15) is 0 Å². The van der Waals surface area contributed by atoms with Gasteiger partial charge in [-0.1, -0.05) is 18.2 Å². The SMILES string of the molecule is COc1cc(-c2cc(C(=O)N(C(C)C)C(C)C)c3ccccc3n2)cc(OC)c1OC. The number of fused-ring (bicyclic) bond motifs is 1. The maximum atomic E-state index is 13.6. The quantitative estimate of drug-likeness (QED) is 0.525. The zero-order chi connectivity index (χ0) is 22.7. The molecule has 0 aliphatic carbocycles. The molecule has 3 aromatic rings. The molecule has 1 aromatic heterocycles. The van der Waals surface area contributed by atoms with Crippen molar-refractivity contribution in [2.24, 2.45) is 0 Å². The van der Waals surface area contributed by atoms with Crippen LogP contribution in [0.5, 0.6) is 17.2 Å². The molecule has 0 radical (unpaired) electrons. The summed E-state index contributed by atoms with van der Waals surface area (Å²) in [7, 11) is 4.72. The van der Waals surface area contributed by atoms with Gasteiger partial charge in [0.15, 0.2) is 11.5 Å². The van der Waals surface area contributed by atoms with Crippen molar-refractivity contribution in [2.75, 3.05) is 21.3 Å². The van der Waals surface area contributed by atoms with Crippen molar-refractivity contribution in [3.8, 4) is 28.5 Å². The molecular formula is C25H30N2O4. The molecule has 0 unspecified atom stereocenters. The minimum atomic E-state index is -0.0164. The smallest absolute Gasteiger partial charge is 0.255 e. The number of ether oxygens (including phenoxy) is 3. The van der Waals surface area contributed by atoms with Crippen molar-refractivity contribution in [1.82, 2.24) is 9.88 Å². The van der Waals surface area contributed by atoms with Gasteiger partial charge in [0.05, 0.1) is 38.1 Å². The van der Waals surface area contributed by atoms with Crippen LogP contribution in [0, 0.1) is 0 Å².